The standard InChI is InChI=1S/C22H26N2O4S/c23-29(26,27)20-10-9-17-12-13-24(21(17)15-20)22(25)11-8-16-4-3-7-19(14-16)28-18-5-1-2-6-18/h3-4,7,9-10,14-15,18H,1-2,5-6,8,11-13H2,(H2,23,26,27). The highest BCUT2D eigenvalue weighted by molar-refractivity contribution is 7.89. The summed E-state index contributed by atoms with van der Waals surface area (Å²) in [4.78, 5) is 14.5. The monoisotopic (exact) mass is 414 g/mol. The first-order chi connectivity index (χ1) is 13.9. The summed E-state index contributed by atoms with van der Waals surface area (Å²) in [5, 5.41) is 5.24. The van der Waals surface area contributed by atoms with Gasteiger partial charge in [-0.1, -0.05) is 18.2 Å². The number of nitrogens with two attached hydrogens (primary N) is 1. The summed E-state index contributed by atoms with van der Waals surface area (Å²) in [7, 11) is -3.80. The summed E-state index contributed by atoms with van der Waals surface area (Å²) in [5.41, 5.74) is 2.68. The second kappa shape index (κ2) is 8.16. The normalized spacial score (nSPS) is 16.8. The molecule has 1 heterocycles. The maximum absolute atomic E-state index is 12.8. The fourth-order valence-electron chi connectivity index (χ4n) is 4.15. The number of carbonyl (C=O) groups is 1. The first kappa shape index (κ1) is 19.9. The molecule has 2 aromatic carbocycles. The topological polar surface area (TPSA) is 89.7 Å². The lowest BCUT2D eigenvalue weighted by Crippen LogP contribution is -2.29. The van der Waals surface area contributed by atoms with Crippen molar-refractivity contribution in [3.63, 3.8) is 0 Å². The average Bonchev–Trinajstić information content (AvgIpc) is 3.35. The molecule has 2 N–H and O–H groups in total. The molecule has 29 heavy (non-hydrogen) atoms. The van der Waals surface area contributed by atoms with Gasteiger partial charge in [0.05, 0.1) is 11.0 Å². The number of rotatable bonds is 6. The highest BCUT2D eigenvalue weighted by Gasteiger charge is 2.26. The van der Waals surface area contributed by atoms with Crippen LogP contribution in [0.3, 0.4) is 0 Å². The summed E-state index contributed by atoms with van der Waals surface area (Å²) >= 11 is 0. The van der Waals surface area contributed by atoms with Crippen LogP contribution in [0.2, 0.25) is 0 Å². The number of fused-ring (bicyclic) bond motifs is 1. The van der Waals surface area contributed by atoms with Gasteiger partial charge in [-0.25, -0.2) is 13.6 Å². The molecule has 0 atom stereocenters. The SMILES string of the molecule is NS(=O)(=O)c1ccc2c(c1)N(C(=O)CCc1cccc(OC3CCCC3)c1)CC2. The summed E-state index contributed by atoms with van der Waals surface area (Å²) in [6.07, 6.45) is 6.66. The number of ether oxygens (including phenoxy) is 1. The quantitative estimate of drug-likeness (QED) is 0.786. The van der Waals surface area contributed by atoms with Crippen LogP contribution in [0.15, 0.2) is 47.4 Å². The molecule has 1 aliphatic heterocycles. The van der Waals surface area contributed by atoms with E-state index in [1.807, 2.05) is 24.3 Å². The summed E-state index contributed by atoms with van der Waals surface area (Å²) in [6.45, 7) is 0.563. The van der Waals surface area contributed by atoms with Crippen LogP contribution in [0, 0.1) is 0 Å². The number of benzene rings is 2. The van der Waals surface area contributed by atoms with Crippen molar-refractivity contribution in [2.24, 2.45) is 5.14 Å². The zero-order valence-corrected chi connectivity index (χ0v) is 17.2. The second-order valence-electron chi connectivity index (χ2n) is 7.80. The van der Waals surface area contributed by atoms with Crippen LogP contribution >= 0.6 is 0 Å². The first-order valence-corrected chi connectivity index (χ1v) is 11.7. The summed E-state index contributed by atoms with van der Waals surface area (Å²) in [6, 6.07) is 12.7. The van der Waals surface area contributed by atoms with Gasteiger partial charge in [0.15, 0.2) is 0 Å². The molecule has 0 bridgehead atoms. The van der Waals surface area contributed by atoms with E-state index in [0.29, 0.717) is 31.2 Å². The third kappa shape index (κ3) is 4.62. The van der Waals surface area contributed by atoms with Crippen LogP contribution in [0.1, 0.15) is 43.2 Å². The predicted molar refractivity (Wildman–Crippen MR) is 112 cm³/mol. The molecule has 1 fully saturated rings. The van der Waals surface area contributed by atoms with E-state index in [9.17, 15) is 13.2 Å². The Kier molecular flexibility index (Phi) is 5.61. The smallest absolute Gasteiger partial charge is 0.238 e. The minimum absolute atomic E-state index is 0.0163. The van der Waals surface area contributed by atoms with Gasteiger partial charge in [0.2, 0.25) is 15.9 Å². The molecule has 0 aromatic heterocycles. The van der Waals surface area contributed by atoms with Crippen LogP contribution < -0.4 is 14.8 Å². The minimum Gasteiger partial charge on any atom is -0.490 e. The average molecular weight is 415 g/mol. The molecule has 0 unspecified atom stereocenters. The number of primary sulfonamides is 1. The minimum atomic E-state index is -3.80. The molecule has 4 rings (SSSR count). The number of anilines is 1. The number of amides is 1. The fraction of sp³-hybridized carbons (Fsp3) is 0.409. The van der Waals surface area contributed by atoms with Crippen molar-refractivity contribution in [3.8, 4) is 5.75 Å². The zero-order chi connectivity index (χ0) is 20.4. The van der Waals surface area contributed by atoms with E-state index in [1.165, 1.54) is 25.0 Å². The Labute approximate surface area is 171 Å². The van der Waals surface area contributed by atoms with Gasteiger partial charge in [0.1, 0.15) is 5.75 Å². The molecule has 2 aliphatic rings. The van der Waals surface area contributed by atoms with Gasteiger partial charge in [-0.05, 0) is 73.9 Å². The fourth-order valence-corrected chi connectivity index (χ4v) is 4.69. The Hall–Kier alpha value is -2.38. The van der Waals surface area contributed by atoms with Gasteiger partial charge in [0, 0.05) is 18.7 Å². The van der Waals surface area contributed by atoms with E-state index >= 15 is 0 Å². The molecule has 0 saturated heterocycles. The van der Waals surface area contributed by atoms with E-state index < -0.39 is 10.0 Å². The molecule has 0 radical (unpaired) electrons. The molecule has 2 aromatic rings. The molecule has 1 amide bonds. The number of hydrogen-bond donors (Lipinski definition) is 1. The van der Waals surface area contributed by atoms with Crippen LogP contribution in [-0.4, -0.2) is 27.0 Å². The van der Waals surface area contributed by atoms with Gasteiger partial charge in [-0.2, -0.15) is 0 Å². The van der Waals surface area contributed by atoms with E-state index in [0.717, 1.165) is 36.1 Å². The lowest BCUT2D eigenvalue weighted by Gasteiger charge is -2.18. The van der Waals surface area contributed by atoms with Crippen molar-refractivity contribution in [3.05, 3.63) is 53.6 Å². The maximum atomic E-state index is 12.8. The van der Waals surface area contributed by atoms with Crippen molar-refractivity contribution < 1.29 is 17.9 Å². The Morgan fingerprint density at radius 2 is 1.93 bits per heavy atom. The highest BCUT2D eigenvalue weighted by atomic mass is 32.2. The summed E-state index contributed by atoms with van der Waals surface area (Å²) < 4.78 is 29.3. The van der Waals surface area contributed by atoms with E-state index in [2.05, 4.69) is 0 Å². The third-order valence-corrected chi connectivity index (χ3v) is 6.62. The van der Waals surface area contributed by atoms with Crippen molar-refractivity contribution in [2.45, 2.75) is 55.9 Å². The lowest BCUT2D eigenvalue weighted by molar-refractivity contribution is -0.118. The highest BCUT2D eigenvalue weighted by Crippen LogP contribution is 2.31. The van der Waals surface area contributed by atoms with Crippen molar-refractivity contribution >= 4 is 21.6 Å². The predicted octanol–water partition coefficient (Wildman–Crippen LogP) is 3.18. The number of sulfonamides is 1. The van der Waals surface area contributed by atoms with Gasteiger partial charge in [-0.3, -0.25) is 4.79 Å². The molecule has 0 spiro atoms. The van der Waals surface area contributed by atoms with Gasteiger partial charge >= 0.3 is 0 Å². The first-order valence-electron chi connectivity index (χ1n) is 10.1. The van der Waals surface area contributed by atoms with Crippen LogP contribution in [0.25, 0.3) is 0 Å². The Morgan fingerprint density at radius 1 is 1.14 bits per heavy atom. The molecule has 6 nitrogen and oxygen atoms in total. The lowest BCUT2D eigenvalue weighted by atomic mass is 10.1. The van der Waals surface area contributed by atoms with Gasteiger partial charge < -0.3 is 9.64 Å². The molecule has 154 valence electrons. The summed E-state index contributed by atoms with van der Waals surface area (Å²) in [5.74, 6) is 0.851. The van der Waals surface area contributed by atoms with E-state index in [-0.39, 0.29) is 10.8 Å². The molecule has 7 heteroatoms. The Morgan fingerprint density at radius 3 is 2.69 bits per heavy atom. The molecule has 1 aliphatic carbocycles. The van der Waals surface area contributed by atoms with E-state index in [1.54, 1.807) is 11.0 Å². The van der Waals surface area contributed by atoms with Crippen molar-refractivity contribution in [1.29, 1.82) is 0 Å². The number of aryl methyl sites for hydroxylation is 1. The molecule has 1 saturated carbocycles. The molecular formula is C22H26N2O4S. The Balaban J connectivity index is 1.41. The van der Waals surface area contributed by atoms with Crippen LogP contribution in [-0.2, 0) is 27.7 Å². The maximum Gasteiger partial charge on any atom is 0.238 e. The van der Waals surface area contributed by atoms with Gasteiger partial charge in [-0.15, -0.1) is 0 Å². The van der Waals surface area contributed by atoms with Gasteiger partial charge in [0.25, 0.3) is 0 Å². The number of carbonyl (C=O) groups excluding carboxylic acids is 1. The number of hydrogen-bond acceptors (Lipinski definition) is 4. The van der Waals surface area contributed by atoms with Crippen molar-refractivity contribution in [2.75, 3.05) is 11.4 Å². The van der Waals surface area contributed by atoms with Crippen molar-refractivity contribution in [1.82, 2.24) is 0 Å². The Bertz CT molecular complexity index is 1010. The van der Waals surface area contributed by atoms with Crippen LogP contribution in [0.5, 0.6) is 5.75 Å². The third-order valence-electron chi connectivity index (χ3n) is 5.71. The molecular weight excluding hydrogens is 388 g/mol. The zero-order valence-electron chi connectivity index (χ0n) is 16.3. The number of nitrogens with zero attached hydrogens (tertiary/aromatic N) is 1. The second-order valence-corrected chi connectivity index (χ2v) is 9.36. The van der Waals surface area contributed by atoms with E-state index in [4.69, 9.17) is 9.88 Å². The van der Waals surface area contributed by atoms with Crippen LogP contribution in [0.4, 0.5) is 5.69 Å². The largest absolute Gasteiger partial charge is 0.490 e.